The Bertz CT molecular complexity index is 813. The van der Waals surface area contributed by atoms with Gasteiger partial charge in [-0.25, -0.2) is 0 Å². The molecule has 5 nitrogen and oxygen atoms in total. The minimum atomic E-state index is -0.152. The third-order valence-corrected chi connectivity index (χ3v) is 6.02. The van der Waals surface area contributed by atoms with Crippen molar-refractivity contribution in [1.29, 1.82) is 0 Å². The van der Waals surface area contributed by atoms with Crippen LogP contribution < -0.4 is 5.32 Å². The second-order valence-corrected chi connectivity index (χ2v) is 7.97. The minimum Gasteiger partial charge on any atom is -0.373 e. The van der Waals surface area contributed by atoms with E-state index in [9.17, 15) is 4.79 Å². The molecule has 2 heterocycles. The fourth-order valence-electron chi connectivity index (χ4n) is 4.24. The number of likely N-dealkylation sites (N-methyl/N-ethyl adjacent to an activating group) is 1. The SMILES string of the molecule is CCN1CCN(Cc2ccc(NC(=O)CC3OCCc4ccccc43)cc2)CC1. The Balaban J connectivity index is 1.28. The molecule has 0 aliphatic carbocycles. The number of carbonyl (C=O) groups is 1. The molecule has 1 fully saturated rings. The van der Waals surface area contributed by atoms with Gasteiger partial charge in [0.15, 0.2) is 0 Å². The first-order valence-electron chi connectivity index (χ1n) is 10.7. The fourth-order valence-corrected chi connectivity index (χ4v) is 4.24. The monoisotopic (exact) mass is 393 g/mol. The van der Waals surface area contributed by atoms with Crippen molar-refractivity contribution in [3.05, 3.63) is 65.2 Å². The zero-order valence-corrected chi connectivity index (χ0v) is 17.3. The van der Waals surface area contributed by atoms with Crippen LogP contribution in [0, 0.1) is 0 Å². The lowest BCUT2D eigenvalue weighted by molar-refractivity contribution is -0.119. The largest absolute Gasteiger partial charge is 0.373 e. The number of rotatable bonds is 6. The quantitative estimate of drug-likeness (QED) is 0.816. The van der Waals surface area contributed by atoms with Crippen molar-refractivity contribution in [2.45, 2.75) is 32.4 Å². The molecule has 2 aliphatic heterocycles. The zero-order valence-electron chi connectivity index (χ0n) is 17.3. The third-order valence-electron chi connectivity index (χ3n) is 6.02. The van der Waals surface area contributed by atoms with E-state index in [4.69, 9.17) is 4.74 Å². The number of nitrogens with one attached hydrogen (secondary N) is 1. The highest BCUT2D eigenvalue weighted by Gasteiger charge is 2.23. The number of piperazine rings is 1. The lowest BCUT2D eigenvalue weighted by Crippen LogP contribution is -2.45. The van der Waals surface area contributed by atoms with Crippen molar-refractivity contribution in [1.82, 2.24) is 9.80 Å². The molecule has 1 saturated heterocycles. The summed E-state index contributed by atoms with van der Waals surface area (Å²) in [6.45, 7) is 9.55. The van der Waals surface area contributed by atoms with Crippen LogP contribution in [-0.2, 0) is 22.5 Å². The van der Waals surface area contributed by atoms with E-state index in [0.717, 1.165) is 56.9 Å². The molecule has 0 radical (unpaired) electrons. The van der Waals surface area contributed by atoms with E-state index in [1.54, 1.807) is 0 Å². The number of carbonyl (C=O) groups excluding carboxylic acids is 1. The lowest BCUT2D eigenvalue weighted by Gasteiger charge is -2.34. The first kappa shape index (κ1) is 20.1. The maximum absolute atomic E-state index is 12.5. The van der Waals surface area contributed by atoms with Gasteiger partial charge < -0.3 is 15.0 Å². The van der Waals surface area contributed by atoms with Gasteiger partial charge in [-0.1, -0.05) is 43.3 Å². The third kappa shape index (κ3) is 5.24. The van der Waals surface area contributed by atoms with Crippen molar-refractivity contribution in [2.75, 3.05) is 44.6 Å². The molecule has 2 aromatic carbocycles. The molecule has 0 bridgehead atoms. The van der Waals surface area contributed by atoms with E-state index in [2.05, 4.69) is 46.3 Å². The topological polar surface area (TPSA) is 44.8 Å². The summed E-state index contributed by atoms with van der Waals surface area (Å²) in [5, 5.41) is 3.03. The Labute approximate surface area is 173 Å². The molecular formula is C24H31N3O2. The van der Waals surface area contributed by atoms with Crippen molar-refractivity contribution in [3.63, 3.8) is 0 Å². The average molecular weight is 394 g/mol. The van der Waals surface area contributed by atoms with Crippen LogP contribution in [0.4, 0.5) is 5.69 Å². The first-order valence-corrected chi connectivity index (χ1v) is 10.7. The summed E-state index contributed by atoms with van der Waals surface area (Å²) in [5.74, 6) is -0.00450. The Morgan fingerprint density at radius 1 is 1.03 bits per heavy atom. The number of anilines is 1. The van der Waals surface area contributed by atoms with Gasteiger partial charge in [-0.15, -0.1) is 0 Å². The number of amides is 1. The Morgan fingerprint density at radius 3 is 2.52 bits per heavy atom. The van der Waals surface area contributed by atoms with Gasteiger partial charge in [-0.2, -0.15) is 0 Å². The molecule has 29 heavy (non-hydrogen) atoms. The molecule has 154 valence electrons. The highest BCUT2D eigenvalue weighted by atomic mass is 16.5. The second kappa shape index (κ2) is 9.53. The molecule has 0 spiro atoms. The summed E-state index contributed by atoms with van der Waals surface area (Å²) in [6.07, 6.45) is 1.12. The van der Waals surface area contributed by atoms with Crippen LogP contribution >= 0.6 is 0 Å². The minimum absolute atomic E-state index is 0.00450. The van der Waals surface area contributed by atoms with Crippen LogP contribution in [0.15, 0.2) is 48.5 Å². The van der Waals surface area contributed by atoms with Gasteiger partial charge in [0.25, 0.3) is 0 Å². The average Bonchev–Trinajstić information content (AvgIpc) is 2.76. The van der Waals surface area contributed by atoms with Crippen LogP contribution in [-0.4, -0.2) is 55.0 Å². The van der Waals surface area contributed by atoms with Gasteiger partial charge in [-0.3, -0.25) is 9.69 Å². The molecule has 1 amide bonds. The highest BCUT2D eigenvalue weighted by Crippen LogP contribution is 2.29. The van der Waals surface area contributed by atoms with E-state index in [0.29, 0.717) is 13.0 Å². The highest BCUT2D eigenvalue weighted by molar-refractivity contribution is 5.91. The first-order chi connectivity index (χ1) is 14.2. The molecular weight excluding hydrogens is 362 g/mol. The maximum atomic E-state index is 12.5. The predicted octanol–water partition coefficient (Wildman–Crippen LogP) is 3.47. The zero-order chi connectivity index (χ0) is 20.1. The van der Waals surface area contributed by atoms with Crippen LogP contribution in [0.3, 0.4) is 0 Å². The number of hydrogen-bond donors (Lipinski definition) is 1. The molecule has 1 N–H and O–H groups in total. The van der Waals surface area contributed by atoms with Crippen molar-refractivity contribution in [2.24, 2.45) is 0 Å². The molecule has 5 heteroatoms. The Kier molecular flexibility index (Phi) is 6.60. The number of ether oxygens (including phenoxy) is 1. The molecule has 1 unspecified atom stereocenters. The van der Waals surface area contributed by atoms with Gasteiger partial charge in [0, 0.05) is 38.4 Å². The molecule has 0 aromatic heterocycles. The Morgan fingerprint density at radius 2 is 1.76 bits per heavy atom. The summed E-state index contributed by atoms with van der Waals surface area (Å²) in [4.78, 5) is 17.5. The summed E-state index contributed by atoms with van der Waals surface area (Å²) < 4.78 is 5.86. The second-order valence-electron chi connectivity index (χ2n) is 7.97. The number of benzene rings is 2. The van der Waals surface area contributed by atoms with E-state index in [-0.39, 0.29) is 12.0 Å². The van der Waals surface area contributed by atoms with Gasteiger partial charge in [-0.05, 0) is 41.8 Å². The van der Waals surface area contributed by atoms with Crippen LogP contribution in [0.2, 0.25) is 0 Å². The van der Waals surface area contributed by atoms with Gasteiger partial charge in [0.2, 0.25) is 5.91 Å². The van der Waals surface area contributed by atoms with Gasteiger partial charge >= 0.3 is 0 Å². The van der Waals surface area contributed by atoms with E-state index in [1.807, 2.05) is 24.3 Å². The van der Waals surface area contributed by atoms with Crippen molar-refractivity contribution in [3.8, 4) is 0 Å². The molecule has 1 atom stereocenters. The summed E-state index contributed by atoms with van der Waals surface area (Å²) in [6, 6.07) is 16.5. The van der Waals surface area contributed by atoms with Crippen molar-refractivity contribution >= 4 is 11.6 Å². The van der Waals surface area contributed by atoms with Crippen LogP contribution in [0.5, 0.6) is 0 Å². The fraction of sp³-hybridized carbons (Fsp3) is 0.458. The van der Waals surface area contributed by atoms with Crippen LogP contribution in [0.25, 0.3) is 0 Å². The predicted molar refractivity (Wildman–Crippen MR) is 116 cm³/mol. The summed E-state index contributed by atoms with van der Waals surface area (Å²) >= 11 is 0. The summed E-state index contributed by atoms with van der Waals surface area (Å²) in [7, 11) is 0. The number of hydrogen-bond acceptors (Lipinski definition) is 4. The van der Waals surface area contributed by atoms with Crippen molar-refractivity contribution < 1.29 is 9.53 Å². The molecule has 0 saturated carbocycles. The molecule has 2 aliphatic rings. The van der Waals surface area contributed by atoms with E-state index in [1.165, 1.54) is 11.1 Å². The Hall–Kier alpha value is -2.21. The maximum Gasteiger partial charge on any atom is 0.227 e. The summed E-state index contributed by atoms with van der Waals surface area (Å²) in [5.41, 5.74) is 4.57. The normalized spacial score (nSPS) is 20.2. The standard InChI is InChI=1S/C24H31N3O2/c1-2-26-12-14-27(15-13-26)18-19-7-9-21(10-8-19)25-24(28)17-23-22-6-4-3-5-20(22)11-16-29-23/h3-10,23H,2,11-18H2,1H3,(H,25,28). The smallest absolute Gasteiger partial charge is 0.227 e. The van der Waals surface area contributed by atoms with E-state index < -0.39 is 0 Å². The molecule has 4 rings (SSSR count). The van der Waals surface area contributed by atoms with Gasteiger partial charge in [0.05, 0.1) is 19.1 Å². The lowest BCUT2D eigenvalue weighted by atomic mass is 9.95. The van der Waals surface area contributed by atoms with Gasteiger partial charge in [0.1, 0.15) is 0 Å². The van der Waals surface area contributed by atoms with Crippen LogP contribution in [0.1, 0.15) is 36.1 Å². The number of nitrogens with zero attached hydrogens (tertiary/aromatic N) is 2. The van der Waals surface area contributed by atoms with E-state index >= 15 is 0 Å². The number of fused-ring (bicyclic) bond motifs is 1. The molecule has 2 aromatic rings.